The van der Waals surface area contributed by atoms with Gasteiger partial charge in [-0.1, -0.05) is 27.2 Å². The average Bonchev–Trinajstić information content (AvgIpc) is 2.12. The molecule has 3 nitrogen and oxygen atoms in total. The van der Waals surface area contributed by atoms with Crippen molar-refractivity contribution in [1.29, 1.82) is 0 Å². The van der Waals surface area contributed by atoms with E-state index in [9.17, 15) is 8.42 Å². The zero-order chi connectivity index (χ0) is 11.0. The molecule has 0 aliphatic carbocycles. The van der Waals surface area contributed by atoms with Crippen LogP contribution >= 0.6 is 0 Å². The first-order valence-corrected chi connectivity index (χ1v) is 7.25. The number of sulfone groups is 1. The van der Waals surface area contributed by atoms with Gasteiger partial charge in [0.15, 0.2) is 9.84 Å². The third-order valence-electron chi connectivity index (χ3n) is 2.29. The molecule has 0 spiro atoms. The van der Waals surface area contributed by atoms with Gasteiger partial charge in [-0.2, -0.15) is 0 Å². The van der Waals surface area contributed by atoms with Crippen molar-refractivity contribution in [2.24, 2.45) is 5.92 Å². The maximum Gasteiger partial charge on any atom is 0.150 e. The van der Waals surface area contributed by atoms with E-state index in [1.165, 1.54) is 0 Å². The Balaban J connectivity index is 3.73. The molecule has 0 aromatic heterocycles. The van der Waals surface area contributed by atoms with E-state index >= 15 is 0 Å². The lowest BCUT2D eigenvalue weighted by Gasteiger charge is -2.09. The highest BCUT2D eigenvalue weighted by Crippen LogP contribution is 2.06. The summed E-state index contributed by atoms with van der Waals surface area (Å²) < 4.78 is 23.1. The molecular formula is C10H23NO2S. The van der Waals surface area contributed by atoms with Crippen LogP contribution in [0, 0.1) is 5.92 Å². The Kier molecular flexibility index (Phi) is 7.19. The number of hydrogen-bond acceptors (Lipinski definition) is 3. The standard InChI is InChI=1S/C10H23NO2S/c1-4-10(3)9-14(12,13)8-6-7-11-5-2/h10-11H,4-9H2,1-3H3. The van der Waals surface area contributed by atoms with E-state index in [2.05, 4.69) is 5.32 Å². The fraction of sp³-hybridized carbons (Fsp3) is 1.00. The van der Waals surface area contributed by atoms with E-state index in [0.29, 0.717) is 17.4 Å². The van der Waals surface area contributed by atoms with Gasteiger partial charge in [0.1, 0.15) is 0 Å². The fourth-order valence-corrected chi connectivity index (χ4v) is 3.08. The highest BCUT2D eigenvalue weighted by Gasteiger charge is 2.13. The third kappa shape index (κ3) is 7.33. The van der Waals surface area contributed by atoms with Crippen LogP contribution in [0.5, 0.6) is 0 Å². The Morgan fingerprint density at radius 3 is 2.43 bits per heavy atom. The summed E-state index contributed by atoms with van der Waals surface area (Å²) in [7, 11) is -2.81. The first-order chi connectivity index (χ1) is 6.52. The van der Waals surface area contributed by atoms with Crippen molar-refractivity contribution in [3.63, 3.8) is 0 Å². The lowest BCUT2D eigenvalue weighted by atomic mass is 10.2. The van der Waals surface area contributed by atoms with Gasteiger partial charge < -0.3 is 5.32 Å². The average molecular weight is 221 g/mol. The highest BCUT2D eigenvalue weighted by atomic mass is 32.2. The molecule has 0 aromatic carbocycles. The first kappa shape index (κ1) is 13.9. The topological polar surface area (TPSA) is 46.2 Å². The van der Waals surface area contributed by atoms with Crippen LogP contribution in [-0.4, -0.2) is 33.0 Å². The second-order valence-corrected chi connectivity index (χ2v) is 6.06. The zero-order valence-electron chi connectivity index (χ0n) is 9.54. The molecule has 4 heteroatoms. The van der Waals surface area contributed by atoms with Gasteiger partial charge in [-0.05, 0) is 25.4 Å². The summed E-state index contributed by atoms with van der Waals surface area (Å²) in [5.74, 6) is 0.957. The summed E-state index contributed by atoms with van der Waals surface area (Å²) in [4.78, 5) is 0. The summed E-state index contributed by atoms with van der Waals surface area (Å²) in [6, 6.07) is 0. The van der Waals surface area contributed by atoms with E-state index < -0.39 is 9.84 Å². The Morgan fingerprint density at radius 1 is 1.29 bits per heavy atom. The van der Waals surface area contributed by atoms with E-state index in [0.717, 1.165) is 25.9 Å². The number of rotatable bonds is 8. The Morgan fingerprint density at radius 2 is 1.93 bits per heavy atom. The molecule has 0 radical (unpaired) electrons. The summed E-state index contributed by atoms with van der Waals surface area (Å²) >= 11 is 0. The van der Waals surface area contributed by atoms with Crippen LogP contribution in [-0.2, 0) is 9.84 Å². The van der Waals surface area contributed by atoms with Crippen molar-refractivity contribution < 1.29 is 8.42 Å². The monoisotopic (exact) mass is 221 g/mol. The minimum Gasteiger partial charge on any atom is -0.317 e. The maximum absolute atomic E-state index is 11.5. The van der Waals surface area contributed by atoms with Gasteiger partial charge in [0.2, 0.25) is 0 Å². The van der Waals surface area contributed by atoms with Gasteiger partial charge in [-0.15, -0.1) is 0 Å². The molecule has 0 aliphatic rings. The molecule has 0 fully saturated rings. The molecule has 1 unspecified atom stereocenters. The van der Waals surface area contributed by atoms with Crippen molar-refractivity contribution in [1.82, 2.24) is 5.32 Å². The second-order valence-electron chi connectivity index (χ2n) is 3.83. The van der Waals surface area contributed by atoms with Gasteiger partial charge in [0.05, 0.1) is 11.5 Å². The molecule has 1 N–H and O–H groups in total. The van der Waals surface area contributed by atoms with E-state index in [1.54, 1.807) is 0 Å². The Bertz CT molecular complexity index is 224. The Hall–Kier alpha value is -0.0900. The molecule has 86 valence electrons. The number of nitrogens with one attached hydrogen (secondary N) is 1. The normalized spacial score (nSPS) is 14.2. The minimum absolute atomic E-state index is 0.291. The fourth-order valence-electron chi connectivity index (χ4n) is 1.23. The van der Waals surface area contributed by atoms with Gasteiger partial charge in [-0.3, -0.25) is 0 Å². The van der Waals surface area contributed by atoms with Crippen LogP contribution in [0.15, 0.2) is 0 Å². The summed E-state index contributed by atoms with van der Waals surface area (Å²) in [6.07, 6.45) is 1.67. The second kappa shape index (κ2) is 7.23. The van der Waals surface area contributed by atoms with Crippen LogP contribution < -0.4 is 5.32 Å². The van der Waals surface area contributed by atoms with Crippen LogP contribution in [0.4, 0.5) is 0 Å². The molecule has 0 bridgehead atoms. The number of hydrogen-bond donors (Lipinski definition) is 1. The summed E-state index contributed by atoms with van der Waals surface area (Å²) in [5, 5.41) is 3.12. The third-order valence-corrected chi connectivity index (χ3v) is 4.28. The lowest BCUT2D eigenvalue weighted by molar-refractivity contribution is 0.560. The van der Waals surface area contributed by atoms with E-state index in [4.69, 9.17) is 0 Å². The quantitative estimate of drug-likeness (QED) is 0.631. The molecule has 0 saturated carbocycles. The molecule has 0 rings (SSSR count). The smallest absolute Gasteiger partial charge is 0.150 e. The predicted molar refractivity (Wildman–Crippen MR) is 61.3 cm³/mol. The minimum atomic E-state index is -2.81. The zero-order valence-corrected chi connectivity index (χ0v) is 10.4. The predicted octanol–water partition coefficient (Wildman–Crippen LogP) is 1.45. The molecular weight excluding hydrogens is 198 g/mol. The summed E-state index contributed by atoms with van der Waals surface area (Å²) in [5.41, 5.74) is 0. The maximum atomic E-state index is 11.5. The molecule has 0 saturated heterocycles. The molecule has 0 heterocycles. The summed E-state index contributed by atoms with van der Waals surface area (Å²) in [6.45, 7) is 7.75. The van der Waals surface area contributed by atoms with Crippen LogP contribution in [0.2, 0.25) is 0 Å². The lowest BCUT2D eigenvalue weighted by Crippen LogP contribution is -2.21. The molecule has 1 atom stereocenters. The van der Waals surface area contributed by atoms with Crippen molar-refractivity contribution in [3.05, 3.63) is 0 Å². The van der Waals surface area contributed by atoms with Crippen molar-refractivity contribution >= 4 is 9.84 Å². The Labute approximate surface area is 88.2 Å². The van der Waals surface area contributed by atoms with Crippen LogP contribution in [0.1, 0.15) is 33.6 Å². The molecule has 14 heavy (non-hydrogen) atoms. The largest absolute Gasteiger partial charge is 0.317 e. The first-order valence-electron chi connectivity index (χ1n) is 5.43. The SMILES string of the molecule is CCNCCCS(=O)(=O)CC(C)CC. The highest BCUT2D eigenvalue weighted by molar-refractivity contribution is 7.91. The van der Waals surface area contributed by atoms with E-state index in [1.807, 2.05) is 20.8 Å². The van der Waals surface area contributed by atoms with Crippen LogP contribution in [0.25, 0.3) is 0 Å². The van der Waals surface area contributed by atoms with Gasteiger partial charge >= 0.3 is 0 Å². The molecule has 0 aromatic rings. The van der Waals surface area contributed by atoms with Crippen molar-refractivity contribution in [3.8, 4) is 0 Å². The van der Waals surface area contributed by atoms with Crippen LogP contribution in [0.3, 0.4) is 0 Å². The van der Waals surface area contributed by atoms with Gasteiger partial charge in [0, 0.05) is 0 Å². The van der Waals surface area contributed by atoms with Gasteiger partial charge in [0.25, 0.3) is 0 Å². The van der Waals surface area contributed by atoms with Gasteiger partial charge in [-0.25, -0.2) is 8.42 Å². The van der Waals surface area contributed by atoms with Crippen molar-refractivity contribution in [2.45, 2.75) is 33.6 Å². The van der Waals surface area contributed by atoms with E-state index in [-0.39, 0.29) is 0 Å². The molecule has 0 amide bonds. The van der Waals surface area contributed by atoms with Crippen molar-refractivity contribution in [2.75, 3.05) is 24.6 Å². The molecule has 0 aliphatic heterocycles.